The molecule has 2 aromatic heterocycles. The van der Waals surface area contributed by atoms with Gasteiger partial charge in [0.15, 0.2) is 0 Å². The third kappa shape index (κ3) is 5.13. The Bertz CT molecular complexity index is 929. The molecule has 2 heterocycles. The predicted molar refractivity (Wildman–Crippen MR) is 102 cm³/mol. The molecule has 0 spiro atoms. The van der Waals surface area contributed by atoms with Crippen LogP contribution in [0.4, 0.5) is 0 Å². The zero-order valence-corrected chi connectivity index (χ0v) is 15.6. The fourth-order valence-electron chi connectivity index (χ4n) is 2.11. The Morgan fingerprint density at radius 3 is 2.85 bits per heavy atom. The smallest absolute Gasteiger partial charge is 0.336 e. The van der Waals surface area contributed by atoms with Crippen LogP contribution in [-0.4, -0.2) is 21.0 Å². The van der Waals surface area contributed by atoms with E-state index in [1.54, 1.807) is 48.0 Å². The molecule has 8 heteroatoms. The van der Waals surface area contributed by atoms with E-state index < -0.39 is 12.1 Å². The normalized spacial score (nSPS) is 11.6. The number of rotatable bonds is 7. The summed E-state index contributed by atoms with van der Waals surface area (Å²) < 4.78 is 10.9. The lowest BCUT2D eigenvalue weighted by Crippen LogP contribution is -2.13. The van der Waals surface area contributed by atoms with Gasteiger partial charge in [-0.1, -0.05) is 30.3 Å². The van der Waals surface area contributed by atoms with E-state index in [0.717, 1.165) is 0 Å². The third-order valence-electron chi connectivity index (χ3n) is 3.47. The van der Waals surface area contributed by atoms with E-state index >= 15 is 0 Å². The van der Waals surface area contributed by atoms with Crippen LogP contribution in [0.2, 0.25) is 5.02 Å². The summed E-state index contributed by atoms with van der Waals surface area (Å²) in [6.07, 6.45) is 1.85. The number of thiazole rings is 1. The molecule has 0 saturated heterocycles. The summed E-state index contributed by atoms with van der Waals surface area (Å²) in [7, 11) is 0. The van der Waals surface area contributed by atoms with Crippen molar-refractivity contribution in [1.29, 1.82) is 0 Å². The number of carbonyl (C=O) groups is 1. The van der Waals surface area contributed by atoms with E-state index in [1.807, 2.05) is 0 Å². The number of aliphatic hydroxyl groups is 1. The highest BCUT2D eigenvalue weighted by Crippen LogP contribution is 2.24. The first-order valence-electron chi connectivity index (χ1n) is 7.84. The van der Waals surface area contributed by atoms with E-state index in [2.05, 4.69) is 16.5 Å². The number of carbonyl (C=O) groups excluding carboxylic acids is 1. The first-order chi connectivity index (χ1) is 13.0. The Morgan fingerprint density at radius 2 is 2.15 bits per heavy atom. The van der Waals surface area contributed by atoms with Crippen molar-refractivity contribution in [3.8, 4) is 11.6 Å². The zero-order chi connectivity index (χ0) is 19.2. The number of hydrogen-bond donors (Lipinski definition) is 1. The topological polar surface area (TPSA) is 81.5 Å². The number of pyridine rings is 1. The summed E-state index contributed by atoms with van der Waals surface area (Å²) in [5, 5.41) is 12.7. The van der Waals surface area contributed by atoms with Gasteiger partial charge in [-0.05, 0) is 23.8 Å². The van der Waals surface area contributed by atoms with Crippen LogP contribution in [0, 0.1) is 0 Å². The van der Waals surface area contributed by atoms with Crippen LogP contribution in [0.15, 0.2) is 66.3 Å². The molecule has 0 radical (unpaired) electrons. The number of aliphatic hydroxyl groups excluding tert-OH is 1. The second kappa shape index (κ2) is 8.77. The molecule has 0 unspecified atom stereocenters. The minimum Gasteiger partial charge on any atom is -0.457 e. The molecule has 0 aliphatic rings. The van der Waals surface area contributed by atoms with Crippen LogP contribution >= 0.6 is 22.9 Å². The maximum Gasteiger partial charge on any atom is 0.336 e. The average Bonchev–Trinajstić information content (AvgIpc) is 3.22. The molecule has 3 rings (SSSR count). The molecule has 0 aliphatic heterocycles. The van der Waals surface area contributed by atoms with Crippen molar-refractivity contribution in [2.75, 3.05) is 0 Å². The summed E-state index contributed by atoms with van der Waals surface area (Å²) in [6.45, 7) is 3.61. The molecule has 27 heavy (non-hydrogen) atoms. The van der Waals surface area contributed by atoms with Gasteiger partial charge in [-0.3, -0.25) is 0 Å². The first kappa shape index (κ1) is 19.0. The summed E-state index contributed by atoms with van der Waals surface area (Å²) >= 11 is 7.03. The van der Waals surface area contributed by atoms with Crippen LogP contribution in [0.25, 0.3) is 0 Å². The molecule has 0 saturated carbocycles. The SMILES string of the molecule is C=C(C(=O)OCc1cccc(Oc2ccc(Cl)cn2)c1)[C@@H](O)c1nccs1. The zero-order valence-electron chi connectivity index (χ0n) is 14.0. The van der Waals surface area contributed by atoms with Gasteiger partial charge in [0, 0.05) is 23.8 Å². The van der Waals surface area contributed by atoms with Crippen molar-refractivity contribution in [2.45, 2.75) is 12.7 Å². The van der Waals surface area contributed by atoms with E-state index in [-0.39, 0.29) is 12.2 Å². The van der Waals surface area contributed by atoms with E-state index in [1.165, 1.54) is 17.5 Å². The summed E-state index contributed by atoms with van der Waals surface area (Å²) in [5.41, 5.74) is 0.647. The number of hydrogen-bond acceptors (Lipinski definition) is 7. The molecule has 0 bridgehead atoms. The predicted octanol–water partition coefficient (Wildman–Crippen LogP) is 4.32. The van der Waals surface area contributed by atoms with Gasteiger partial charge < -0.3 is 14.6 Å². The van der Waals surface area contributed by atoms with Crippen molar-refractivity contribution in [3.05, 3.63) is 81.9 Å². The number of ether oxygens (including phenoxy) is 2. The van der Waals surface area contributed by atoms with Crippen LogP contribution < -0.4 is 4.74 Å². The lowest BCUT2D eigenvalue weighted by molar-refractivity contribution is -0.141. The second-order valence-electron chi connectivity index (χ2n) is 5.44. The van der Waals surface area contributed by atoms with Crippen LogP contribution in [0.1, 0.15) is 16.7 Å². The Kier molecular flexibility index (Phi) is 6.18. The van der Waals surface area contributed by atoms with Gasteiger partial charge in [-0.25, -0.2) is 14.8 Å². The Hall–Kier alpha value is -2.74. The quantitative estimate of drug-likeness (QED) is 0.468. The number of aromatic nitrogens is 2. The molecule has 6 nitrogen and oxygen atoms in total. The van der Waals surface area contributed by atoms with Gasteiger partial charge in [0.1, 0.15) is 23.5 Å². The van der Waals surface area contributed by atoms with Gasteiger partial charge in [0.25, 0.3) is 0 Å². The number of benzene rings is 1. The molecule has 1 aromatic carbocycles. The van der Waals surface area contributed by atoms with Gasteiger partial charge in [-0.2, -0.15) is 0 Å². The third-order valence-corrected chi connectivity index (χ3v) is 4.52. The van der Waals surface area contributed by atoms with Crippen LogP contribution in [0.5, 0.6) is 11.6 Å². The highest BCUT2D eigenvalue weighted by atomic mass is 35.5. The van der Waals surface area contributed by atoms with Crippen LogP contribution in [-0.2, 0) is 16.1 Å². The fourth-order valence-corrected chi connectivity index (χ4v) is 2.88. The average molecular weight is 403 g/mol. The highest BCUT2D eigenvalue weighted by Gasteiger charge is 2.21. The minimum atomic E-state index is -1.18. The molecule has 0 fully saturated rings. The molecular formula is C19H15ClN2O4S. The monoisotopic (exact) mass is 402 g/mol. The molecule has 1 N–H and O–H groups in total. The Labute approximate surface area is 164 Å². The van der Waals surface area contributed by atoms with Crippen molar-refractivity contribution in [2.24, 2.45) is 0 Å². The van der Waals surface area contributed by atoms with Gasteiger partial charge in [0.2, 0.25) is 5.88 Å². The summed E-state index contributed by atoms with van der Waals surface area (Å²) in [5.74, 6) is 0.247. The largest absolute Gasteiger partial charge is 0.457 e. The molecule has 3 aromatic rings. The highest BCUT2D eigenvalue weighted by molar-refractivity contribution is 7.09. The van der Waals surface area contributed by atoms with Crippen molar-refractivity contribution in [3.63, 3.8) is 0 Å². The van der Waals surface area contributed by atoms with Crippen molar-refractivity contribution < 1.29 is 19.4 Å². The Balaban J connectivity index is 1.58. The number of esters is 1. The van der Waals surface area contributed by atoms with E-state index in [0.29, 0.717) is 27.2 Å². The Morgan fingerprint density at radius 1 is 1.30 bits per heavy atom. The van der Waals surface area contributed by atoms with Gasteiger partial charge in [0.05, 0.1) is 10.6 Å². The van der Waals surface area contributed by atoms with Crippen molar-refractivity contribution >= 4 is 28.9 Å². The van der Waals surface area contributed by atoms with Gasteiger partial charge >= 0.3 is 5.97 Å². The van der Waals surface area contributed by atoms with Crippen LogP contribution in [0.3, 0.4) is 0 Å². The summed E-state index contributed by atoms with van der Waals surface area (Å²) in [6, 6.07) is 10.4. The molecule has 1 atom stereocenters. The number of halogens is 1. The molecule has 0 aliphatic carbocycles. The fraction of sp³-hybridized carbons (Fsp3) is 0.105. The number of nitrogens with zero attached hydrogens (tertiary/aromatic N) is 2. The lowest BCUT2D eigenvalue weighted by atomic mass is 10.2. The first-order valence-corrected chi connectivity index (χ1v) is 9.10. The maximum atomic E-state index is 12.1. The lowest BCUT2D eigenvalue weighted by Gasteiger charge is -2.11. The molecule has 0 amide bonds. The molecule has 138 valence electrons. The summed E-state index contributed by atoms with van der Waals surface area (Å²) in [4.78, 5) is 20.1. The maximum absolute atomic E-state index is 12.1. The van der Waals surface area contributed by atoms with Gasteiger partial charge in [-0.15, -0.1) is 11.3 Å². The minimum absolute atomic E-state index is 0.00763. The standard InChI is InChI=1S/C19H15ClN2O4S/c1-12(17(23)18-21-7-8-27-18)19(24)25-11-13-3-2-4-15(9-13)26-16-6-5-14(20)10-22-16/h2-10,17,23H,1,11H2/t17-/m1/s1. The van der Waals surface area contributed by atoms with E-state index in [9.17, 15) is 9.90 Å². The molecular weight excluding hydrogens is 388 g/mol. The second-order valence-corrected chi connectivity index (χ2v) is 6.80. The van der Waals surface area contributed by atoms with E-state index in [4.69, 9.17) is 21.1 Å². The van der Waals surface area contributed by atoms with Crippen molar-refractivity contribution in [1.82, 2.24) is 9.97 Å².